The highest BCUT2D eigenvalue weighted by molar-refractivity contribution is 6.31. The second kappa shape index (κ2) is 4.11. The van der Waals surface area contributed by atoms with Crippen molar-refractivity contribution in [3.63, 3.8) is 0 Å². The van der Waals surface area contributed by atoms with Crippen molar-refractivity contribution in [2.45, 2.75) is 32.4 Å². The first-order valence-electron chi connectivity index (χ1n) is 4.43. The van der Waals surface area contributed by atoms with Gasteiger partial charge in [-0.3, -0.25) is 9.48 Å². The van der Waals surface area contributed by atoms with Crippen molar-refractivity contribution in [1.82, 2.24) is 9.78 Å². The van der Waals surface area contributed by atoms with Crippen LogP contribution >= 0.6 is 11.6 Å². The molecule has 0 aliphatic rings. The average molecular weight is 217 g/mol. The topological polar surface area (TPSA) is 55.1 Å². The summed E-state index contributed by atoms with van der Waals surface area (Å²) in [5, 5.41) is 14.1. The van der Waals surface area contributed by atoms with E-state index in [-0.39, 0.29) is 0 Å². The summed E-state index contributed by atoms with van der Waals surface area (Å²) in [6, 6.07) is 0. The fraction of sp³-hybridized carbons (Fsp3) is 0.556. The molecule has 5 heteroatoms. The van der Waals surface area contributed by atoms with Crippen molar-refractivity contribution in [3.05, 3.63) is 16.9 Å². The number of hydrogen-bond donors (Lipinski definition) is 1. The van der Waals surface area contributed by atoms with E-state index in [9.17, 15) is 9.90 Å². The Morgan fingerprint density at radius 2 is 2.43 bits per heavy atom. The number of aromatic nitrogens is 2. The first kappa shape index (κ1) is 11.2. The third kappa shape index (κ3) is 1.96. The molecule has 0 aromatic carbocycles. The van der Waals surface area contributed by atoms with Gasteiger partial charge in [-0.1, -0.05) is 18.5 Å². The van der Waals surface area contributed by atoms with Crippen LogP contribution in [0.5, 0.6) is 0 Å². The Morgan fingerprint density at radius 1 is 1.79 bits per heavy atom. The molecule has 0 aliphatic heterocycles. The third-order valence-electron chi connectivity index (χ3n) is 1.94. The van der Waals surface area contributed by atoms with E-state index in [1.54, 1.807) is 4.68 Å². The van der Waals surface area contributed by atoms with Gasteiger partial charge >= 0.3 is 0 Å². The predicted molar refractivity (Wildman–Crippen MR) is 53.2 cm³/mol. The van der Waals surface area contributed by atoms with Crippen LogP contribution in [-0.2, 0) is 16.9 Å². The van der Waals surface area contributed by atoms with E-state index in [2.05, 4.69) is 5.10 Å². The van der Waals surface area contributed by atoms with Gasteiger partial charge in [0.25, 0.3) is 0 Å². The summed E-state index contributed by atoms with van der Waals surface area (Å²) in [6.07, 6.45) is 2.76. The Hall–Kier alpha value is -0.870. The smallest absolute Gasteiger partial charge is 0.160 e. The molecule has 0 aliphatic carbocycles. The first-order chi connectivity index (χ1) is 6.53. The Kier molecular flexibility index (Phi) is 3.29. The molecule has 4 nitrogen and oxygen atoms in total. The van der Waals surface area contributed by atoms with Crippen molar-refractivity contribution in [2.24, 2.45) is 0 Å². The van der Waals surface area contributed by atoms with Crippen LogP contribution in [0.2, 0.25) is 5.02 Å². The molecule has 1 N–H and O–H groups in total. The largest absolute Gasteiger partial charge is 0.376 e. The number of hydrogen-bond acceptors (Lipinski definition) is 3. The second-order valence-corrected chi connectivity index (χ2v) is 3.74. The molecule has 0 saturated heterocycles. The van der Waals surface area contributed by atoms with Gasteiger partial charge in [-0.25, -0.2) is 0 Å². The lowest BCUT2D eigenvalue weighted by Crippen LogP contribution is -2.27. The molecule has 0 spiro atoms. The fourth-order valence-corrected chi connectivity index (χ4v) is 1.64. The highest BCUT2D eigenvalue weighted by Gasteiger charge is 2.29. The molecule has 1 atom stereocenters. The lowest BCUT2D eigenvalue weighted by Gasteiger charge is -2.18. The van der Waals surface area contributed by atoms with E-state index in [0.717, 1.165) is 6.42 Å². The molecule has 1 aromatic rings. The molecule has 0 bridgehead atoms. The maximum atomic E-state index is 10.7. The van der Waals surface area contributed by atoms with Gasteiger partial charge in [0.05, 0.1) is 16.9 Å². The van der Waals surface area contributed by atoms with Gasteiger partial charge in [0.1, 0.15) is 0 Å². The Bertz CT molecular complexity index is 334. The number of rotatable bonds is 4. The van der Waals surface area contributed by atoms with E-state index in [0.29, 0.717) is 23.5 Å². The van der Waals surface area contributed by atoms with Crippen molar-refractivity contribution in [2.75, 3.05) is 0 Å². The maximum absolute atomic E-state index is 10.7. The maximum Gasteiger partial charge on any atom is 0.160 e. The van der Waals surface area contributed by atoms with Crippen LogP contribution in [0, 0.1) is 0 Å². The quantitative estimate of drug-likeness (QED) is 0.774. The molecule has 14 heavy (non-hydrogen) atoms. The Morgan fingerprint density at radius 3 is 2.93 bits per heavy atom. The summed E-state index contributed by atoms with van der Waals surface area (Å²) in [6.45, 7) is 4.01. The van der Waals surface area contributed by atoms with Crippen LogP contribution in [0.1, 0.15) is 26.0 Å². The van der Waals surface area contributed by atoms with E-state index in [4.69, 9.17) is 11.6 Å². The van der Waals surface area contributed by atoms with Gasteiger partial charge in [0, 0.05) is 6.54 Å². The van der Waals surface area contributed by atoms with Crippen LogP contribution in [0.3, 0.4) is 0 Å². The first-order valence-corrected chi connectivity index (χ1v) is 4.81. The van der Waals surface area contributed by atoms with E-state index in [1.165, 1.54) is 13.1 Å². The van der Waals surface area contributed by atoms with Crippen LogP contribution in [-0.4, -0.2) is 21.2 Å². The Labute approximate surface area is 87.5 Å². The summed E-state index contributed by atoms with van der Waals surface area (Å²) >= 11 is 5.84. The zero-order valence-electron chi connectivity index (χ0n) is 8.20. The number of carbonyl (C=O) groups excluding carboxylic acids is 1. The number of nitrogens with zero attached hydrogens (tertiary/aromatic N) is 2. The van der Waals surface area contributed by atoms with Crippen LogP contribution in [0.25, 0.3) is 0 Å². The SMILES string of the molecule is CCCn1ncc(Cl)c1C(C)(O)C=O. The lowest BCUT2D eigenvalue weighted by atomic mass is 10.1. The molecule has 0 radical (unpaired) electrons. The zero-order valence-corrected chi connectivity index (χ0v) is 8.95. The predicted octanol–water partition coefficient (Wildman–Crippen LogP) is 1.35. The molecular weight excluding hydrogens is 204 g/mol. The molecular formula is C9H13ClN2O2. The minimum absolute atomic E-state index is 0.315. The summed E-state index contributed by atoms with van der Waals surface area (Å²) in [5.74, 6) is 0. The number of aryl methyl sites for hydroxylation is 1. The van der Waals surface area contributed by atoms with Gasteiger partial charge < -0.3 is 5.11 Å². The van der Waals surface area contributed by atoms with E-state index >= 15 is 0 Å². The van der Waals surface area contributed by atoms with Gasteiger partial charge in [0.15, 0.2) is 11.9 Å². The second-order valence-electron chi connectivity index (χ2n) is 3.33. The normalized spacial score (nSPS) is 15.1. The molecule has 1 heterocycles. The summed E-state index contributed by atoms with van der Waals surface area (Å²) < 4.78 is 1.55. The lowest BCUT2D eigenvalue weighted by molar-refractivity contribution is -0.123. The zero-order chi connectivity index (χ0) is 10.8. The Balaban J connectivity index is 3.16. The molecule has 0 amide bonds. The van der Waals surface area contributed by atoms with Gasteiger partial charge in [-0.2, -0.15) is 5.10 Å². The standard InChI is InChI=1S/C9H13ClN2O2/c1-3-4-12-8(7(10)5-11-12)9(2,14)6-13/h5-6,14H,3-4H2,1-2H3. The van der Waals surface area contributed by atoms with Gasteiger partial charge in [-0.05, 0) is 13.3 Å². The molecule has 1 rings (SSSR count). The minimum atomic E-state index is -1.57. The van der Waals surface area contributed by atoms with Crippen molar-refractivity contribution in [1.29, 1.82) is 0 Å². The molecule has 0 fully saturated rings. The van der Waals surface area contributed by atoms with Gasteiger partial charge in [0.2, 0.25) is 0 Å². The van der Waals surface area contributed by atoms with Crippen molar-refractivity contribution < 1.29 is 9.90 Å². The van der Waals surface area contributed by atoms with E-state index < -0.39 is 5.60 Å². The third-order valence-corrected chi connectivity index (χ3v) is 2.22. The van der Waals surface area contributed by atoms with Crippen molar-refractivity contribution in [3.8, 4) is 0 Å². The number of halogens is 1. The van der Waals surface area contributed by atoms with E-state index in [1.807, 2.05) is 6.92 Å². The van der Waals surface area contributed by atoms with Gasteiger partial charge in [-0.15, -0.1) is 0 Å². The van der Waals surface area contributed by atoms with Crippen LogP contribution < -0.4 is 0 Å². The molecule has 1 unspecified atom stereocenters. The minimum Gasteiger partial charge on any atom is -0.376 e. The monoisotopic (exact) mass is 216 g/mol. The summed E-state index contributed by atoms with van der Waals surface area (Å²) in [7, 11) is 0. The number of aldehydes is 1. The highest BCUT2D eigenvalue weighted by atomic mass is 35.5. The summed E-state index contributed by atoms with van der Waals surface area (Å²) in [5.41, 5.74) is -1.21. The number of carbonyl (C=O) groups is 1. The fourth-order valence-electron chi connectivity index (χ4n) is 1.30. The number of aliphatic hydroxyl groups is 1. The molecule has 1 aromatic heterocycles. The molecule has 78 valence electrons. The average Bonchev–Trinajstić information content (AvgIpc) is 2.48. The highest BCUT2D eigenvalue weighted by Crippen LogP contribution is 2.26. The molecule has 0 saturated carbocycles. The summed E-state index contributed by atoms with van der Waals surface area (Å²) in [4.78, 5) is 10.7. The van der Waals surface area contributed by atoms with Crippen molar-refractivity contribution >= 4 is 17.9 Å². The van der Waals surface area contributed by atoms with Crippen LogP contribution in [0.4, 0.5) is 0 Å². The van der Waals surface area contributed by atoms with Crippen LogP contribution in [0.15, 0.2) is 6.20 Å².